The van der Waals surface area contributed by atoms with Gasteiger partial charge in [0.15, 0.2) is 5.65 Å². The van der Waals surface area contributed by atoms with Crippen molar-refractivity contribution in [1.29, 1.82) is 0 Å². The molecule has 4 amide bonds. The van der Waals surface area contributed by atoms with E-state index in [0.717, 1.165) is 73.8 Å². The van der Waals surface area contributed by atoms with Crippen molar-refractivity contribution >= 4 is 51.6 Å². The fourth-order valence-corrected chi connectivity index (χ4v) is 8.84. The molecule has 0 radical (unpaired) electrons. The van der Waals surface area contributed by atoms with Gasteiger partial charge in [-0.2, -0.15) is 10.2 Å². The maximum atomic E-state index is 13.4. The summed E-state index contributed by atoms with van der Waals surface area (Å²) in [5.74, 6) is 0.0713. The van der Waals surface area contributed by atoms with Crippen LogP contribution in [0.1, 0.15) is 83.7 Å². The number of nitrogens with one attached hydrogen (secondary N) is 2. The first kappa shape index (κ1) is 34.6. The van der Waals surface area contributed by atoms with E-state index in [-0.39, 0.29) is 36.1 Å². The summed E-state index contributed by atoms with van der Waals surface area (Å²) in [6.45, 7) is 2.79. The molecule has 2 saturated heterocycles. The number of piperidine rings is 1. The summed E-state index contributed by atoms with van der Waals surface area (Å²) in [5, 5.41) is 15.7. The predicted octanol–water partition coefficient (Wildman–Crippen LogP) is 4.19. The molecule has 2 aromatic carbocycles. The minimum atomic E-state index is -0.606. The van der Waals surface area contributed by atoms with E-state index in [1.807, 2.05) is 24.3 Å². The second-order valence-corrected chi connectivity index (χ2v) is 16.1. The first-order chi connectivity index (χ1) is 27.3. The number of rotatable bonds is 10. The van der Waals surface area contributed by atoms with Crippen molar-refractivity contribution in [2.24, 2.45) is 5.92 Å². The van der Waals surface area contributed by atoms with E-state index < -0.39 is 6.04 Å². The number of likely N-dealkylation sites (N-methyl/N-ethyl adjacent to an activating group) is 1. The van der Waals surface area contributed by atoms with Gasteiger partial charge in [0.2, 0.25) is 11.8 Å². The van der Waals surface area contributed by atoms with Crippen LogP contribution in [0.25, 0.3) is 16.6 Å². The lowest BCUT2D eigenvalue weighted by atomic mass is 9.89. The number of benzene rings is 2. The normalized spacial score (nSPS) is 22.8. The SMILES string of the molecule is CN(C1CCC(n2cc3cc(NC(=O)c4cnn5cccnc45)c(OCC4CC4)cc3n2)CC1)C1CN(c2ccc3c(c2)C(=O)N(C2CCC(=O)NC2=O)C3)C1. The van der Waals surface area contributed by atoms with Gasteiger partial charge in [0.05, 0.1) is 30.0 Å². The fourth-order valence-electron chi connectivity index (χ4n) is 8.84. The number of hydrogen-bond acceptors (Lipinski definition) is 10. The smallest absolute Gasteiger partial charge is 0.261 e. The lowest BCUT2D eigenvalue weighted by molar-refractivity contribution is -0.136. The summed E-state index contributed by atoms with van der Waals surface area (Å²) in [6.07, 6.45) is 14.2. The number of nitrogens with zero attached hydrogens (tertiary/aromatic N) is 8. The number of imide groups is 1. The summed E-state index contributed by atoms with van der Waals surface area (Å²) >= 11 is 0. The molecule has 2 saturated carbocycles. The van der Waals surface area contributed by atoms with Crippen LogP contribution in [0.3, 0.4) is 0 Å². The highest BCUT2D eigenvalue weighted by Gasteiger charge is 2.40. The lowest BCUT2D eigenvalue weighted by Gasteiger charge is -2.49. The molecule has 0 bridgehead atoms. The molecule has 3 aromatic heterocycles. The number of aromatic nitrogens is 5. The van der Waals surface area contributed by atoms with E-state index >= 15 is 0 Å². The van der Waals surface area contributed by atoms with Crippen LogP contribution in [0, 0.1) is 5.92 Å². The third-order valence-electron chi connectivity index (χ3n) is 12.5. The minimum Gasteiger partial charge on any atom is -0.491 e. The zero-order chi connectivity index (χ0) is 38.1. The zero-order valence-corrected chi connectivity index (χ0v) is 31.3. The second kappa shape index (κ2) is 13.7. The van der Waals surface area contributed by atoms with Gasteiger partial charge in [-0.1, -0.05) is 6.07 Å². The Morgan fingerprint density at radius 2 is 1.86 bits per heavy atom. The number of carbonyl (C=O) groups excluding carboxylic acids is 4. The standard InChI is InChI=1S/C41H44N10O5/c1-47(30-21-48(22-30)29-6-5-25-19-49(41(55)31(25)16-29)35-11-12-37(52)45-40(35)54)27-7-9-28(10-8-27)51-20-26-15-34(36(17-33(26)46-51)56-23-24-3-4-24)44-39(53)32-18-43-50-14-2-13-42-38(32)50/h2,5-6,13-18,20,24,27-28,30,35H,3-4,7-12,19,21-23H2,1H3,(H,44,53)(H,45,52,54). The maximum absolute atomic E-state index is 13.4. The summed E-state index contributed by atoms with van der Waals surface area (Å²) in [4.78, 5) is 61.7. The van der Waals surface area contributed by atoms with E-state index in [2.05, 4.69) is 54.5 Å². The molecule has 1 atom stereocenters. The van der Waals surface area contributed by atoms with Gasteiger partial charge in [-0.05, 0) is 87.7 Å². The Hall–Kier alpha value is -5.83. The highest BCUT2D eigenvalue weighted by molar-refractivity contribution is 6.09. The Bertz CT molecular complexity index is 2390. The molecule has 0 spiro atoms. The molecule has 1 unspecified atom stereocenters. The number of anilines is 2. The van der Waals surface area contributed by atoms with Crippen molar-refractivity contribution in [3.63, 3.8) is 0 Å². The van der Waals surface area contributed by atoms with Gasteiger partial charge >= 0.3 is 0 Å². The van der Waals surface area contributed by atoms with Crippen molar-refractivity contribution in [2.75, 3.05) is 37.0 Å². The first-order valence-corrected chi connectivity index (χ1v) is 19.8. The van der Waals surface area contributed by atoms with Gasteiger partial charge in [0, 0.05) is 79.4 Å². The summed E-state index contributed by atoms with van der Waals surface area (Å²) in [6, 6.07) is 12.3. The molecule has 2 N–H and O–H groups in total. The molecular weight excluding hydrogens is 713 g/mol. The molecule has 6 heterocycles. The molecular formula is C41H44N10O5. The van der Waals surface area contributed by atoms with Crippen molar-refractivity contribution in [1.82, 2.24) is 39.5 Å². The monoisotopic (exact) mass is 756 g/mol. The molecule has 10 rings (SSSR count). The molecule has 4 fully saturated rings. The third-order valence-corrected chi connectivity index (χ3v) is 12.5. The van der Waals surface area contributed by atoms with Gasteiger partial charge in [-0.3, -0.25) is 34.1 Å². The predicted molar refractivity (Wildman–Crippen MR) is 206 cm³/mol. The minimum absolute atomic E-state index is 0.140. The highest BCUT2D eigenvalue weighted by Crippen LogP contribution is 2.38. The Labute approximate surface area is 322 Å². The van der Waals surface area contributed by atoms with Crippen molar-refractivity contribution in [3.8, 4) is 5.75 Å². The third kappa shape index (κ3) is 6.33. The van der Waals surface area contributed by atoms with Crippen LogP contribution in [0.2, 0.25) is 0 Å². The molecule has 5 aromatic rings. The van der Waals surface area contributed by atoms with Gasteiger partial charge in [-0.25, -0.2) is 9.50 Å². The van der Waals surface area contributed by atoms with Crippen molar-refractivity contribution in [3.05, 3.63) is 77.9 Å². The lowest BCUT2D eigenvalue weighted by Crippen LogP contribution is -2.61. The van der Waals surface area contributed by atoms with Crippen LogP contribution < -0.4 is 20.3 Å². The Morgan fingerprint density at radius 1 is 1.02 bits per heavy atom. The van der Waals surface area contributed by atoms with E-state index in [1.54, 1.807) is 27.9 Å². The van der Waals surface area contributed by atoms with Crippen LogP contribution in [-0.2, 0) is 16.1 Å². The van der Waals surface area contributed by atoms with Gasteiger partial charge in [-0.15, -0.1) is 0 Å². The largest absolute Gasteiger partial charge is 0.491 e. The highest BCUT2D eigenvalue weighted by atomic mass is 16.5. The van der Waals surface area contributed by atoms with Gasteiger partial charge in [0.25, 0.3) is 11.8 Å². The molecule has 288 valence electrons. The summed E-state index contributed by atoms with van der Waals surface area (Å²) in [7, 11) is 2.24. The quantitative estimate of drug-likeness (QED) is 0.198. The number of fused-ring (bicyclic) bond motifs is 3. The van der Waals surface area contributed by atoms with Gasteiger partial charge in [0.1, 0.15) is 17.4 Å². The number of hydrogen-bond donors (Lipinski definition) is 2. The Kier molecular flexibility index (Phi) is 8.49. The van der Waals surface area contributed by atoms with Crippen LogP contribution in [-0.4, -0.2) is 103 Å². The number of amides is 4. The van der Waals surface area contributed by atoms with E-state index in [0.29, 0.717) is 65.8 Å². The number of carbonyl (C=O) groups is 4. The molecule has 15 heteroatoms. The summed E-state index contributed by atoms with van der Waals surface area (Å²) < 4.78 is 9.94. The van der Waals surface area contributed by atoms with E-state index in [9.17, 15) is 19.2 Å². The molecule has 15 nitrogen and oxygen atoms in total. The Morgan fingerprint density at radius 3 is 2.66 bits per heavy atom. The number of ether oxygens (including phenoxy) is 1. The average Bonchev–Trinajstić information content (AvgIpc) is 3.62. The van der Waals surface area contributed by atoms with Crippen LogP contribution in [0.15, 0.2) is 61.2 Å². The fraction of sp³-hybridized carbons (Fsp3) is 0.439. The Balaban J connectivity index is 0.765. The van der Waals surface area contributed by atoms with E-state index in [4.69, 9.17) is 9.84 Å². The van der Waals surface area contributed by atoms with Crippen LogP contribution >= 0.6 is 0 Å². The second-order valence-electron chi connectivity index (χ2n) is 16.1. The average molecular weight is 757 g/mol. The van der Waals surface area contributed by atoms with Crippen LogP contribution in [0.4, 0.5) is 11.4 Å². The maximum Gasteiger partial charge on any atom is 0.261 e. The molecule has 5 aliphatic rings. The molecule has 3 aliphatic heterocycles. The molecule has 56 heavy (non-hydrogen) atoms. The van der Waals surface area contributed by atoms with Gasteiger partial charge < -0.3 is 19.9 Å². The van der Waals surface area contributed by atoms with Crippen LogP contribution in [0.5, 0.6) is 5.75 Å². The van der Waals surface area contributed by atoms with E-state index in [1.165, 1.54) is 6.20 Å². The first-order valence-electron chi connectivity index (χ1n) is 19.8. The molecule has 2 aliphatic carbocycles. The topological polar surface area (TPSA) is 159 Å². The summed E-state index contributed by atoms with van der Waals surface area (Å²) in [5.41, 5.74) is 4.94. The zero-order valence-electron chi connectivity index (χ0n) is 31.3. The van der Waals surface area contributed by atoms with Crippen molar-refractivity contribution in [2.45, 2.75) is 82.1 Å². The van der Waals surface area contributed by atoms with Crippen molar-refractivity contribution < 1.29 is 23.9 Å².